The summed E-state index contributed by atoms with van der Waals surface area (Å²) in [4.78, 5) is 29.5. The second-order valence-corrected chi connectivity index (χ2v) is 6.51. The molecule has 0 aromatic carbocycles. The lowest BCUT2D eigenvalue weighted by Crippen LogP contribution is -2.35. The maximum atomic E-state index is 12.1. The van der Waals surface area contributed by atoms with Crippen molar-refractivity contribution in [1.82, 2.24) is 14.5 Å². The summed E-state index contributed by atoms with van der Waals surface area (Å²) in [6.07, 6.45) is 1.83. The molecule has 8 heteroatoms. The van der Waals surface area contributed by atoms with Crippen molar-refractivity contribution in [3.8, 4) is 0 Å². The van der Waals surface area contributed by atoms with Gasteiger partial charge in [-0.25, -0.2) is 14.6 Å². The Morgan fingerprint density at radius 2 is 2.09 bits per heavy atom. The molecule has 2 heterocycles. The predicted octanol–water partition coefficient (Wildman–Crippen LogP) is 2.51. The molecule has 122 valence electrons. The minimum absolute atomic E-state index is 0.0818. The van der Waals surface area contributed by atoms with E-state index in [1.54, 1.807) is 9.47 Å². The molecule has 22 heavy (non-hydrogen) atoms. The Morgan fingerprint density at radius 3 is 2.68 bits per heavy atom. The van der Waals surface area contributed by atoms with E-state index in [0.29, 0.717) is 19.5 Å². The van der Waals surface area contributed by atoms with Gasteiger partial charge in [-0.2, -0.15) is 0 Å². The minimum Gasteiger partial charge on any atom is -0.464 e. The number of esters is 1. The van der Waals surface area contributed by atoms with Crippen molar-refractivity contribution in [3.63, 3.8) is 0 Å². The molecule has 1 atom stereocenters. The molecule has 1 aromatic heterocycles. The highest BCUT2D eigenvalue weighted by atomic mass is 35.5. The molecule has 0 spiro atoms. The highest BCUT2D eigenvalue weighted by Gasteiger charge is 2.33. The first kappa shape index (κ1) is 16.6. The molecule has 7 nitrogen and oxygen atoms in total. The van der Waals surface area contributed by atoms with E-state index in [2.05, 4.69) is 4.98 Å². The molecule has 0 bridgehead atoms. The first-order valence-corrected chi connectivity index (χ1v) is 7.39. The second-order valence-electron chi connectivity index (χ2n) is 6.15. The molecule has 0 unspecified atom stereocenters. The van der Waals surface area contributed by atoms with Gasteiger partial charge in [0.15, 0.2) is 10.8 Å². The van der Waals surface area contributed by atoms with Crippen LogP contribution in [0.15, 0.2) is 6.33 Å². The van der Waals surface area contributed by atoms with Crippen LogP contribution in [0.1, 0.15) is 43.7 Å². The summed E-state index contributed by atoms with van der Waals surface area (Å²) in [7, 11) is 1.29. The van der Waals surface area contributed by atoms with Gasteiger partial charge in [0.25, 0.3) is 0 Å². The van der Waals surface area contributed by atoms with Crippen LogP contribution >= 0.6 is 11.6 Å². The number of aromatic nitrogens is 2. The second kappa shape index (κ2) is 6.16. The maximum absolute atomic E-state index is 12.1. The molecular formula is C14H20ClN3O4. The Kier molecular flexibility index (Phi) is 4.65. The zero-order chi connectivity index (χ0) is 16.5. The lowest BCUT2D eigenvalue weighted by Gasteiger charge is -2.24. The highest BCUT2D eigenvalue weighted by Crippen LogP contribution is 2.27. The maximum Gasteiger partial charge on any atom is 0.410 e. The number of hydrogen-bond acceptors (Lipinski definition) is 5. The van der Waals surface area contributed by atoms with Crippen LogP contribution < -0.4 is 0 Å². The summed E-state index contributed by atoms with van der Waals surface area (Å²) in [6.45, 7) is 6.46. The van der Waals surface area contributed by atoms with Crippen LogP contribution in [0.4, 0.5) is 4.79 Å². The van der Waals surface area contributed by atoms with Gasteiger partial charge in [0.2, 0.25) is 0 Å². The van der Waals surface area contributed by atoms with E-state index >= 15 is 0 Å². The number of halogens is 1. The Hall–Kier alpha value is -1.76. The first-order chi connectivity index (χ1) is 10.2. The van der Waals surface area contributed by atoms with Gasteiger partial charge < -0.3 is 18.9 Å². The number of amides is 1. The third-order valence-corrected chi connectivity index (χ3v) is 3.61. The van der Waals surface area contributed by atoms with E-state index < -0.39 is 11.6 Å². The molecular weight excluding hydrogens is 310 g/mol. The number of carbonyl (C=O) groups is 2. The fourth-order valence-electron chi connectivity index (χ4n) is 2.36. The van der Waals surface area contributed by atoms with E-state index in [9.17, 15) is 9.59 Å². The molecule has 0 N–H and O–H groups in total. The van der Waals surface area contributed by atoms with Crippen molar-refractivity contribution >= 4 is 23.7 Å². The topological polar surface area (TPSA) is 73.7 Å². The average molecular weight is 330 g/mol. The number of methoxy groups -OCH3 is 1. The number of likely N-dealkylation sites (tertiary alicyclic amines) is 1. The van der Waals surface area contributed by atoms with Crippen LogP contribution in [0.3, 0.4) is 0 Å². The van der Waals surface area contributed by atoms with E-state index in [-0.39, 0.29) is 23.0 Å². The molecule has 1 aromatic rings. The van der Waals surface area contributed by atoms with Crippen molar-refractivity contribution in [2.75, 3.05) is 20.2 Å². The number of ether oxygens (including phenoxy) is 2. The number of hydrogen-bond donors (Lipinski definition) is 0. The molecule has 0 aliphatic carbocycles. The summed E-state index contributed by atoms with van der Waals surface area (Å²) in [5, 5.41) is 0.0996. The van der Waals surface area contributed by atoms with Gasteiger partial charge in [-0.1, -0.05) is 11.6 Å². The van der Waals surface area contributed by atoms with E-state index in [1.165, 1.54) is 13.4 Å². The third-order valence-electron chi connectivity index (χ3n) is 3.34. The molecule has 0 saturated carbocycles. The quantitative estimate of drug-likeness (QED) is 0.779. The van der Waals surface area contributed by atoms with Gasteiger partial charge in [0.05, 0.1) is 19.5 Å². The van der Waals surface area contributed by atoms with Gasteiger partial charge in [-0.05, 0) is 27.2 Å². The highest BCUT2D eigenvalue weighted by molar-refractivity contribution is 6.32. The normalized spacial score (nSPS) is 18.4. The van der Waals surface area contributed by atoms with E-state index in [4.69, 9.17) is 21.1 Å². The van der Waals surface area contributed by atoms with Crippen molar-refractivity contribution in [2.45, 2.75) is 38.8 Å². The summed E-state index contributed by atoms with van der Waals surface area (Å²) in [6, 6.07) is -0.0818. The van der Waals surface area contributed by atoms with Crippen LogP contribution in [0.25, 0.3) is 0 Å². The number of nitrogens with zero attached hydrogens (tertiary/aromatic N) is 3. The van der Waals surface area contributed by atoms with Crippen LogP contribution in [-0.4, -0.2) is 52.3 Å². The van der Waals surface area contributed by atoms with Crippen molar-refractivity contribution in [1.29, 1.82) is 0 Å². The SMILES string of the molecule is COC(=O)c1c(Cl)ncn1[C@@H]1CCN(C(=O)OC(C)(C)C)C1. The molecule has 0 radical (unpaired) electrons. The largest absolute Gasteiger partial charge is 0.464 e. The summed E-state index contributed by atoms with van der Waals surface area (Å²) < 4.78 is 11.7. The Labute approximate surface area is 134 Å². The van der Waals surface area contributed by atoms with E-state index in [1.807, 2.05) is 20.8 Å². The molecule has 1 aliphatic rings. The third kappa shape index (κ3) is 3.52. The van der Waals surface area contributed by atoms with Crippen LogP contribution in [0.5, 0.6) is 0 Å². The van der Waals surface area contributed by atoms with Crippen molar-refractivity contribution < 1.29 is 19.1 Å². The van der Waals surface area contributed by atoms with Gasteiger partial charge in [-0.15, -0.1) is 0 Å². The summed E-state index contributed by atoms with van der Waals surface area (Å²) >= 11 is 5.95. The molecule has 2 rings (SSSR count). The van der Waals surface area contributed by atoms with Gasteiger partial charge in [0, 0.05) is 13.1 Å². The number of imidazole rings is 1. The zero-order valence-corrected chi connectivity index (χ0v) is 13.9. The zero-order valence-electron chi connectivity index (χ0n) is 13.1. The van der Waals surface area contributed by atoms with Crippen LogP contribution in [-0.2, 0) is 9.47 Å². The van der Waals surface area contributed by atoms with Gasteiger partial charge in [0.1, 0.15) is 5.60 Å². The average Bonchev–Trinajstić information content (AvgIpc) is 3.02. The summed E-state index contributed by atoms with van der Waals surface area (Å²) in [5.74, 6) is -0.543. The fourth-order valence-corrected chi connectivity index (χ4v) is 2.58. The van der Waals surface area contributed by atoms with Crippen molar-refractivity contribution in [3.05, 3.63) is 17.2 Å². The molecule has 1 amide bonds. The first-order valence-electron chi connectivity index (χ1n) is 7.01. The van der Waals surface area contributed by atoms with E-state index in [0.717, 1.165) is 0 Å². The van der Waals surface area contributed by atoms with Gasteiger partial charge >= 0.3 is 12.1 Å². The van der Waals surface area contributed by atoms with Crippen LogP contribution in [0, 0.1) is 0 Å². The smallest absolute Gasteiger partial charge is 0.410 e. The lowest BCUT2D eigenvalue weighted by atomic mass is 10.2. The fraction of sp³-hybridized carbons (Fsp3) is 0.643. The Morgan fingerprint density at radius 1 is 1.41 bits per heavy atom. The van der Waals surface area contributed by atoms with Gasteiger partial charge in [-0.3, -0.25) is 0 Å². The minimum atomic E-state index is -0.543. The standard InChI is InChI=1S/C14H20ClN3O4/c1-14(2,3)22-13(20)17-6-5-9(7-17)18-8-16-11(15)10(18)12(19)21-4/h8-9H,5-7H2,1-4H3/t9-/m1/s1. The predicted molar refractivity (Wildman–Crippen MR) is 80.0 cm³/mol. The van der Waals surface area contributed by atoms with Crippen molar-refractivity contribution in [2.24, 2.45) is 0 Å². The van der Waals surface area contributed by atoms with Crippen LogP contribution in [0.2, 0.25) is 5.15 Å². The Bertz CT molecular complexity index is 579. The summed E-state index contributed by atoms with van der Waals surface area (Å²) in [5.41, 5.74) is -0.329. The number of carbonyl (C=O) groups excluding carboxylic acids is 2. The number of rotatable bonds is 2. The molecule has 1 fully saturated rings. The Balaban J connectivity index is 2.11. The monoisotopic (exact) mass is 329 g/mol. The molecule has 1 aliphatic heterocycles. The molecule has 1 saturated heterocycles. The lowest BCUT2D eigenvalue weighted by molar-refractivity contribution is 0.0289.